The lowest BCUT2D eigenvalue weighted by molar-refractivity contribution is 0.976. The monoisotopic (exact) mass is 161 g/mol. The van der Waals surface area contributed by atoms with E-state index < -0.39 is 0 Å². The Labute approximate surface area is 68.9 Å². The van der Waals surface area contributed by atoms with Crippen LogP contribution in [0.2, 0.25) is 0 Å². The van der Waals surface area contributed by atoms with Crippen LogP contribution < -0.4 is 5.73 Å². The van der Waals surface area contributed by atoms with Crippen LogP contribution in [0.25, 0.3) is 5.82 Å². The van der Waals surface area contributed by atoms with Crippen molar-refractivity contribution in [3.05, 3.63) is 31.2 Å². The number of hydrogen-bond donors (Lipinski definition) is 1. The summed E-state index contributed by atoms with van der Waals surface area (Å²) in [4.78, 5) is 11.7. The molecule has 0 spiro atoms. The van der Waals surface area contributed by atoms with E-state index in [0.717, 1.165) is 0 Å². The molecule has 0 fully saturated rings. The second-order valence-corrected chi connectivity index (χ2v) is 2.27. The van der Waals surface area contributed by atoms with Gasteiger partial charge in [-0.2, -0.15) is 0 Å². The number of nitrogens with two attached hydrogens (primary N) is 1. The molecule has 0 amide bonds. The highest BCUT2D eigenvalue weighted by Gasteiger charge is 2.00. The third-order valence-corrected chi connectivity index (χ3v) is 1.47. The number of rotatable bonds is 1. The molecule has 60 valence electrons. The van der Waals surface area contributed by atoms with Gasteiger partial charge >= 0.3 is 0 Å². The van der Waals surface area contributed by atoms with E-state index in [1.807, 2.05) is 0 Å². The van der Waals surface area contributed by atoms with Crippen molar-refractivity contribution in [3.63, 3.8) is 0 Å². The van der Waals surface area contributed by atoms with Crippen molar-refractivity contribution in [2.24, 2.45) is 0 Å². The van der Waals surface area contributed by atoms with Crippen LogP contribution >= 0.6 is 0 Å². The fourth-order valence-corrected chi connectivity index (χ4v) is 0.934. The minimum absolute atomic E-state index is 0.538. The molecule has 0 aromatic carbocycles. The number of anilines is 1. The zero-order valence-electron chi connectivity index (χ0n) is 6.25. The Balaban J connectivity index is 2.55. The fourth-order valence-electron chi connectivity index (χ4n) is 0.934. The molecular weight excluding hydrogens is 154 g/mol. The van der Waals surface area contributed by atoms with Crippen LogP contribution in [0.15, 0.2) is 31.2 Å². The van der Waals surface area contributed by atoms with E-state index in [9.17, 15) is 0 Å². The summed E-state index contributed by atoms with van der Waals surface area (Å²) in [5.41, 5.74) is 6.18. The highest BCUT2D eigenvalue weighted by atomic mass is 15.1. The quantitative estimate of drug-likeness (QED) is 0.650. The topological polar surface area (TPSA) is 69.6 Å². The molecule has 2 rings (SSSR count). The fraction of sp³-hybridized carbons (Fsp3) is 0. The lowest BCUT2D eigenvalue weighted by Crippen LogP contribution is -2.00. The van der Waals surface area contributed by atoms with Crippen LogP contribution in [0, 0.1) is 0 Å². The van der Waals surface area contributed by atoms with Crippen molar-refractivity contribution in [3.8, 4) is 5.82 Å². The first kappa shape index (κ1) is 6.78. The molecule has 0 bridgehead atoms. The van der Waals surface area contributed by atoms with Crippen molar-refractivity contribution >= 4 is 5.69 Å². The first-order valence-electron chi connectivity index (χ1n) is 3.42. The summed E-state index contributed by atoms with van der Waals surface area (Å²) >= 11 is 0. The zero-order valence-corrected chi connectivity index (χ0v) is 6.25. The van der Waals surface area contributed by atoms with Crippen molar-refractivity contribution < 1.29 is 0 Å². The van der Waals surface area contributed by atoms with Crippen molar-refractivity contribution in [2.75, 3.05) is 5.73 Å². The summed E-state index contributed by atoms with van der Waals surface area (Å²) in [6, 6.07) is 0. The molecule has 0 saturated heterocycles. The summed E-state index contributed by atoms with van der Waals surface area (Å²) in [6.07, 6.45) is 8.09. The molecule has 0 aliphatic heterocycles. The van der Waals surface area contributed by atoms with E-state index in [1.165, 1.54) is 6.33 Å². The molecule has 0 atom stereocenters. The molecule has 0 radical (unpaired) electrons. The van der Waals surface area contributed by atoms with E-state index in [-0.39, 0.29) is 0 Å². The van der Waals surface area contributed by atoms with Crippen LogP contribution in [0.5, 0.6) is 0 Å². The lowest BCUT2D eigenvalue weighted by atomic mass is 10.5. The van der Waals surface area contributed by atoms with Crippen LogP contribution in [0.1, 0.15) is 0 Å². The Morgan fingerprint density at radius 1 is 1.33 bits per heavy atom. The van der Waals surface area contributed by atoms with Crippen LogP contribution in [-0.2, 0) is 0 Å². The van der Waals surface area contributed by atoms with Gasteiger partial charge in [0.05, 0.1) is 11.9 Å². The molecule has 0 saturated carbocycles. The smallest absolute Gasteiger partial charge is 0.164 e. The average molecular weight is 161 g/mol. The molecule has 0 aliphatic carbocycles. The van der Waals surface area contributed by atoms with Gasteiger partial charge in [0.2, 0.25) is 0 Å². The maximum atomic E-state index is 5.64. The molecule has 5 heteroatoms. The standard InChI is InChI=1S/C7H7N5/c8-6-3-10-4-11-7(6)12-2-1-9-5-12/h1-5H,8H2. The molecule has 0 unspecified atom stereocenters. The first-order chi connectivity index (χ1) is 5.88. The normalized spacial score (nSPS) is 10.0. The molecule has 2 aromatic rings. The molecular formula is C7H7N5. The Morgan fingerprint density at radius 2 is 2.25 bits per heavy atom. The highest BCUT2D eigenvalue weighted by molar-refractivity contribution is 5.50. The zero-order chi connectivity index (χ0) is 8.39. The van der Waals surface area contributed by atoms with Crippen LogP contribution in [0.3, 0.4) is 0 Å². The Bertz CT molecular complexity index is 367. The van der Waals surface area contributed by atoms with Gasteiger partial charge in [-0.05, 0) is 0 Å². The van der Waals surface area contributed by atoms with Gasteiger partial charge in [0, 0.05) is 12.4 Å². The molecule has 0 aliphatic rings. The SMILES string of the molecule is Nc1cncnc1-n1ccnc1. The third kappa shape index (κ3) is 1.01. The molecule has 12 heavy (non-hydrogen) atoms. The minimum atomic E-state index is 0.538. The second kappa shape index (κ2) is 2.61. The summed E-state index contributed by atoms with van der Waals surface area (Å²) in [5, 5.41) is 0. The molecule has 2 N–H and O–H groups in total. The van der Waals surface area contributed by atoms with E-state index in [1.54, 1.807) is 29.5 Å². The highest BCUT2D eigenvalue weighted by Crippen LogP contribution is 2.09. The maximum absolute atomic E-state index is 5.64. The van der Waals surface area contributed by atoms with Crippen molar-refractivity contribution in [1.29, 1.82) is 0 Å². The summed E-state index contributed by atoms with van der Waals surface area (Å²) < 4.78 is 1.73. The largest absolute Gasteiger partial charge is 0.394 e. The Kier molecular flexibility index (Phi) is 1.48. The predicted octanol–water partition coefficient (Wildman–Crippen LogP) is 0.245. The van der Waals surface area contributed by atoms with E-state index in [2.05, 4.69) is 15.0 Å². The maximum Gasteiger partial charge on any atom is 0.164 e. The third-order valence-electron chi connectivity index (χ3n) is 1.47. The van der Waals surface area contributed by atoms with Crippen LogP contribution in [0.4, 0.5) is 5.69 Å². The van der Waals surface area contributed by atoms with Gasteiger partial charge in [-0.1, -0.05) is 0 Å². The number of aromatic nitrogens is 4. The first-order valence-corrected chi connectivity index (χ1v) is 3.42. The van der Waals surface area contributed by atoms with Crippen molar-refractivity contribution in [2.45, 2.75) is 0 Å². The predicted molar refractivity (Wildman–Crippen MR) is 43.6 cm³/mol. The van der Waals surface area contributed by atoms with Gasteiger partial charge in [-0.15, -0.1) is 0 Å². The lowest BCUT2D eigenvalue weighted by Gasteiger charge is -2.01. The number of nitrogens with zero attached hydrogens (tertiary/aromatic N) is 4. The van der Waals surface area contributed by atoms with Gasteiger partial charge in [0.1, 0.15) is 12.7 Å². The van der Waals surface area contributed by atoms with E-state index >= 15 is 0 Å². The van der Waals surface area contributed by atoms with Gasteiger partial charge in [0.25, 0.3) is 0 Å². The summed E-state index contributed by atoms with van der Waals surface area (Å²) in [6.45, 7) is 0. The van der Waals surface area contributed by atoms with Crippen LogP contribution in [-0.4, -0.2) is 19.5 Å². The van der Waals surface area contributed by atoms with Crippen molar-refractivity contribution in [1.82, 2.24) is 19.5 Å². The molecule has 2 aromatic heterocycles. The molecule has 2 heterocycles. The minimum Gasteiger partial charge on any atom is -0.394 e. The van der Waals surface area contributed by atoms with Gasteiger partial charge in [0.15, 0.2) is 5.82 Å². The summed E-state index contributed by atoms with van der Waals surface area (Å²) in [7, 11) is 0. The van der Waals surface area contributed by atoms with Gasteiger partial charge in [-0.25, -0.2) is 15.0 Å². The Hall–Kier alpha value is -1.91. The van der Waals surface area contributed by atoms with Gasteiger partial charge in [-0.3, -0.25) is 4.57 Å². The molecule has 5 nitrogen and oxygen atoms in total. The van der Waals surface area contributed by atoms with Gasteiger partial charge < -0.3 is 5.73 Å². The van der Waals surface area contributed by atoms with E-state index in [0.29, 0.717) is 11.5 Å². The summed E-state index contributed by atoms with van der Waals surface area (Å²) in [5.74, 6) is 0.655. The number of imidazole rings is 1. The van der Waals surface area contributed by atoms with E-state index in [4.69, 9.17) is 5.73 Å². The number of hydrogen-bond acceptors (Lipinski definition) is 4. The Morgan fingerprint density at radius 3 is 2.92 bits per heavy atom. The number of nitrogen functional groups attached to an aromatic ring is 1. The average Bonchev–Trinajstić information content (AvgIpc) is 2.57. The second-order valence-electron chi connectivity index (χ2n) is 2.27.